The third-order valence-electron chi connectivity index (χ3n) is 14.1. The lowest BCUT2D eigenvalue weighted by molar-refractivity contribution is -0.369. The predicted octanol–water partition coefficient (Wildman–Crippen LogP) is 4.94. The molecule has 11 heteroatoms. The predicted molar refractivity (Wildman–Crippen MR) is 200 cm³/mol. The van der Waals surface area contributed by atoms with Crippen molar-refractivity contribution in [3.8, 4) is 0 Å². The van der Waals surface area contributed by atoms with E-state index in [4.69, 9.17) is 37.9 Å². The zero-order chi connectivity index (χ0) is 38.1. The normalized spacial score (nSPS) is 54.2. The van der Waals surface area contributed by atoms with E-state index in [1.165, 1.54) is 0 Å². The summed E-state index contributed by atoms with van der Waals surface area (Å²) in [5.74, 6) is 0. The molecule has 0 amide bonds. The molecule has 7 saturated heterocycles. The van der Waals surface area contributed by atoms with E-state index >= 15 is 0 Å². The molecule has 1 unspecified atom stereocenters. The number of ether oxygens (including phenoxy) is 8. The highest BCUT2D eigenvalue weighted by Crippen LogP contribution is 2.54. The van der Waals surface area contributed by atoms with Crippen LogP contribution in [0.5, 0.6) is 0 Å². The monoisotopic (exact) mass is 756 g/mol. The van der Waals surface area contributed by atoms with E-state index in [1.807, 2.05) is 49.5 Å². The van der Waals surface area contributed by atoms with Crippen LogP contribution >= 0.6 is 0 Å². The van der Waals surface area contributed by atoms with Crippen LogP contribution in [-0.2, 0) is 37.9 Å². The van der Waals surface area contributed by atoms with Crippen molar-refractivity contribution in [1.29, 1.82) is 0 Å². The average Bonchev–Trinajstić information content (AvgIpc) is 3.31. The minimum Gasteiger partial charge on any atom is -0.396 e. The van der Waals surface area contributed by atoms with Crippen molar-refractivity contribution in [2.75, 3.05) is 6.61 Å². The van der Waals surface area contributed by atoms with Crippen LogP contribution in [0, 0.1) is 0 Å². The van der Waals surface area contributed by atoms with Crippen molar-refractivity contribution in [3.05, 3.63) is 49.1 Å². The molecule has 8 rings (SSSR count). The molecule has 0 aromatic rings. The van der Waals surface area contributed by atoms with Gasteiger partial charge in [0.05, 0.1) is 83.9 Å². The Bertz CT molecular complexity index is 1460. The molecule has 302 valence electrons. The smallest absolute Gasteiger partial charge is 0.118 e. The molecule has 8 aliphatic rings. The highest BCUT2D eigenvalue weighted by molar-refractivity contribution is 5.20. The molecule has 8 heterocycles. The van der Waals surface area contributed by atoms with Crippen LogP contribution < -0.4 is 0 Å². The summed E-state index contributed by atoms with van der Waals surface area (Å²) in [7, 11) is 0. The molecule has 0 bridgehead atoms. The minimum atomic E-state index is -1.19. The Balaban J connectivity index is 0.950. The van der Waals surface area contributed by atoms with E-state index in [9.17, 15) is 15.3 Å². The summed E-state index contributed by atoms with van der Waals surface area (Å²) in [5.41, 5.74) is -3.89. The molecular weight excluding hydrogens is 692 g/mol. The van der Waals surface area contributed by atoms with Gasteiger partial charge in [-0.1, -0.05) is 42.5 Å². The van der Waals surface area contributed by atoms with E-state index in [-0.39, 0.29) is 73.8 Å². The van der Waals surface area contributed by atoms with Gasteiger partial charge in [0.2, 0.25) is 0 Å². The number of fused-ring (bicyclic) bond motifs is 7. The first-order valence-electron chi connectivity index (χ1n) is 20.6. The second-order valence-electron chi connectivity index (χ2n) is 18.5. The Morgan fingerprint density at radius 2 is 1.56 bits per heavy atom. The van der Waals surface area contributed by atoms with Crippen LogP contribution in [0.15, 0.2) is 49.1 Å². The molecule has 0 saturated carbocycles. The summed E-state index contributed by atoms with van der Waals surface area (Å²) in [6.45, 7) is 14.0. The lowest BCUT2D eigenvalue weighted by atomic mass is 9.72. The Morgan fingerprint density at radius 1 is 0.759 bits per heavy atom. The van der Waals surface area contributed by atoms with E-state index < -0.39 is 40.2 Å². The van der Waals surface area contributed by atoms with Gasteiger partial charge in [-0.3, -0.25) is 0 Å². The average molecular weight is 757 g/mol. The maximum atomic E-state index is 11.3. The summed E-state index contributed by atoms with van der Waals surface area (Å²) in [6, 6.07) is 0. The SMILES string of the molecule is C=CC/C=C\C=C/C1O[C@H]2C[C@H]3O[C@H]4CC[C@H]5O[C@H]6C[C@@]7(C)O[C@@]8(C)[C@@H](O)C[C@H](CCCO)O[C@@H]8C[C@@H]7O[C@@H]6C[C@@H]5O[C@]4(C)C[C@]3(C)O[C@@H]2C=C[C@]1(C)O. The van der Waals surface area contributed by atoms with Crippen molar-refractivity contribution in [2.24, 2.45) is 0 Å². The Morgan fingerprint density at radius 3 is 2.35 bits per heavy atom. The van der Waals surface area contributed by atoms with Gasteiger partial charge in [0, 0.05) is 45.1 Å². The van der Waals surface area contributed by atoms with Gasteiger partial charge >= 0.3 is 0 Å². The first kappa shape index (κ1) is 39.4. The summed E-state index contributed by atoms with van der Waals surface area (Å²) in [6.07, 6.45) is 17.5. The van der Waals surface area contributed by atoms with E-state index in [1.54, 1.807) is 6.92 Å². The quantitative estimate of drug-likeness (QED) is 0.241. The van der Waals surface area contributed by atoms with Crippen LogP contribution in [0.25, 0.3) is 0 Å². The number of aliphatic hydroxyl groups excluding tert-OH is 2. The lowest BCUT2D eigenvalue weighted by Crippen LogP contribution is -2.72. The Labute approximate surface area is 321 Å². The van der Waals surface area contributed by atoms with Crippen molar-refractivity contribution in [1.82, 2.24) is 0 Å². The highest BCUT2D eigenvalue weighted by Gasteiger charge is 2.64. The van der Waals surface area contributed by atoms with Gasteiger partial charge in [-0.05, 0) is 66.7 Å². The third-order valence-corrected chi connectivity index (χ3v) is 14.1. The number of aliphatic hydroxyl groups is 3. The topological polar surface area (TPSA) is 135 Å². The van der Waals surface area contributed by atoms with E-state index in [2.05, 4.69) is 27.4 Å². The number of hydrogen-bond acceptors (Lipinski definition) is 11. The molecule has 3 N–H and O–H groups in total. The van der Waals surface area contributed by atoms with Gasteiger partial charge in [-0.2, -0.15) is 0 Å². The summed E-state index contributed by atoms with van der Waals surface area (Å²) in [4.78, 5) is 0. The fraction of sp³-hybridized carbons (Fsp3) is 0.814. The number of allylic oxidation sites excluding steroid dienone is 4. The number of rotatable bonds is 7. The molecule has 0 aliphatic carbocycles. The van der Waals surface area contributed by atoms with Crippen LogP contribution in [0.3, 0.4) is 0 Å². The zero-order valence-electron chi connectivity index (χ0n) is 32.8. The van der Waals surface area contributed by atoms with Crippen LogP contribution in [0.1, 0.15) is 105 Å². The third kappa shape index (κ3) is 7.16. The molecular formula is C43H64O11. The van der Waals surface area contributed by atoms with Gasteiger partial charge in [0.1, 0.15) is 23.4 Å². The molecule has 8 aliphatic heterocycles. The molecule has 0 aromatic heterocycles. The first-order valence-corrected chi connectivity index (χ1v) is 20.6. The first-order chi connectivity index (χ1) is 25.7. The highest BCUT2D eigenvalue weighted by atomic mass is 16.6. The lowest BCUT2D eigenvalue weighted by Gasteiger charge is -2.61. The van der Waals surface area contributed by atoms with Crippen LogP contribution in [0.4, 0.5) is 0 Å². The Kier molecular flexibility index (Phi) is 10.7. The van der Waals surface area contributed by atoms with Gasteiger partial charge in [0.25, 0.3) is 0 Å². The zero-order valence-corrected chi connectivity index (χ0v) is 32.8. The molecule has 18 atom stereocenters. The molecule has 0 radical (unpaired) electrons. The van der Waals surface area contributed by atoms with Crippen molar-refractivity contribution in [2.45, 2.75) is 213 Å². The van der Waals surface area contributed by atoms with E-state index in [0.29, 0.717) is 51.4 Å². The second kappa shape index (κ2) is 14.7. The molecule has 54 heavy (non-hydrogen) atoms. The summed E-state index contributed by atoms with van der Waals surface area (Å²) >= 11 is 0. The molecule has 7 fully saturated rings. The van der Waals surface area contributed by atoms with Gasteiger partial charge in [0.15, 0.2) is 0 Å². The van der Waals surface area contributed by atoms with E-state index in [0.717, 1.165) is 19.3 Å². The summed E-state index contributed by atoms with van der Waals surface area (Å²) < 4.78 is 54.9. The number of hydrogen-bond donors (Lipinski definition) is 3. The standard InChI is InChI=1S/C43H64O11/c1-7-8-9-10-11-14-34-39(2,46)18-17-28-30(49-34)22-36-42(5,52-28)25-41(4)35(51-36)16-15-27-31(53-41)21-29-32(48-27)24-40(3)37(50-29)23-38-43(6,54-40)33(45)20-26(47-38)13-12-19-44/h7,9-11,14,17-18,26-38,44-46H,1,8,12-13,15-16,19-25H2,2-6H3/b10-9-,14-11-/t26-,27+,28+,29+,30-,31-,32-,33-,34?,35-,36+,37-,38+,39-,40+,41+,42-,43-/m0/s1. The van der Waals surface area contributed by atoms with Gasteiger partial charge in [-0.15, -0.1) is 6.58 Å². The maximum Gasteiger partial charge on any atom is 0.118 e. The van der Waals surface area contributed by atoms with Gasteiger partial charge < -0.3 is 53.2 Å². The fourth-order valence-electron chi connectivity index (χ4n) is 11.1. The van der Waals surface area contributed by atoms with Crippen molar-refractivity contribution in [3.63, 3.8) is 0 Å². The molecule has 11 nitrogen and oxygen atoms in total. The fourth-order valence-corrected chi connectivity index (χ4v) is 11.1. The van der Waals surface area contributed by atoms with Crippen molar-refractivity contribution >= 4 is 0 Å². The Hall–Kier alpha value is -1.48. The van der Waals surface area contributed by atoms with Crippen LogP contribution in [0.2, 0.25) is 0 Å². The minimum absolute atomic E-state index is 0.104. The maximum absolute atomic E-state index is 11.3. The molecule has 0 spiro atoms. The van der Waals surface area contributed by atoms with Gasteiger partial charge in [-0.25, -0.2) is 0 Å². The van der Waals surface area contributed by atoms with Crippen LogP contribution in [-0.4, -0.2) is 129 Å². The summed E-state index contributed by atoms with van der Waals surface area (Å²) in [5, 5.41) is 32.1. The largest absolute Gasteiger partial charge is 0.396 e. The van der Waals surface area contributed by atoms with Crippen molar-refractivity contribution < 1.29 is 53.2 Å². The molecule has 0 aromatic carbocycles. The second-order valence-corrected chi connectivity index (χ2v) is 18.5.